The molecule has 1 unspecified atom stereocenters. The molecule has 1 saturated carbocycles. The van der Waals surface area contributed by atoms with Crippen LogP contribution in [0, 0.1) is 0 Å². The molecule has 1 aliphatic carbocycles. The van der Waals surface area contributed by atoms with Gasteiger partial charge in [-0.2, -0.15) is 0 Å². The smallest absolute Gasteiger partial charge is 0.307 e. The lowest BCUT2D eigenvalue weighted by molar-refractivity contribution is -0.142. The number of carbonyl (C=O) groups is 1. The highest BCUT2D eigenvalue weighted by molar-refractivity contribution is 5.69. The highest BCUT2D eigenvalue weighted by Gasteiger charge is 2.31. The summed E-state index contributed by atoms with van der Waals surface area (Å²) in [5.74, 6) is -0.0684. The normalized spacial score (nSPS) is 28.0. The van der Waals surface area contributed by atoms with Crippen LogP contribution in [0.5, 0.6) is 0 Å². The molecule has 0 N–H and O–H groups in total. The van der Waals surface area contributed by atoms with Crippen LogP contribution in [0.3, 0.4) is 0 Å². The molecule has 2 fully saturated rings. The number of methoxy groups -OCH3 is 1. The van der Waals surface area contributed by atoms with Gasteiger partial charge in [-0.25, -0.2) is 0 Å². The number of hydrogen-bond donors (Lipinski definition) is 0. The van der Waals surface area contributed by atoms with Crippen LogP contribution in [-0.2, 0) is 9.53 Å². The topological polar surface area (TPSA) is 32.8 Å². The van der Waals surface area contributed by atoms with Crippen LogP contribution in [0.4, 0.5) is 0 Å². The average molecular weight is 268 g/mol. The first kappa shape index (κ1) is 14.8. The van der Waals surface area contributed by atoms with Gasteiger partial charge in [-0.15, -0.1) is 0 Å². The summed E-state index contributed by atoms with van der Waals surface area (Å²) in [6, 6.07) is 1.03. The minimum atomic E-state index is -0.0684. The Labute approximate surface area is 117 Å². The lowest BCUT2D eigenvalue weighted by Gasteiger charge is -2.39. The van der Waals surface area contributed by atoms with Crippen molar-refractivity contribution in [1.82, 2.24) is 9.80 Å². The predicted molar refractivity (Wildman–Crippen MR) is 76.1 cm³/mol. The van der Waals surface area contributed by atoms with Gasteiger partial charge >= 0.3 is 5.97 Å². The molecule has 1 aliphatic heterocycles. The molecule has 110 valence electrons. The Kier molecular flexibility index (Phi) is 5.64. The second-order valence-electron chi connectivity index (χ2n) is 6.08. The summed E-state index contributed by atoms with van der Waals surface area (Å²) in [4.78, 5) is 16.6. The number of ether oxygens (including phenoxy) is 1. The molecule has 0 aromatic carbocycles. The zero-order chi connectivity index (χ0) is 13.7. The van der Waals surface area contributed by atoms with E-state index in [1.165, 1.54) is 45.6 Å². The van der Waals surface area contributed by atoms with Gasteiger partial charge in [-0.3, -0.25) is 9.69 Å². The van der Waals surface area contributed by atoms with Crippen molar-refractivity contribution in [2.75, 3.05) is 33.8 Å². The van der Waals surface area contributed by atoms with Gasteiger partial charge in [-0.05, 0) is 32.9 Å². The van der Waals surface area contributed by atoms with Crippen LogP contribution in [0.15, 0.2) is 0 Å². The molecule has 2 aliphatic rings. The Balaban J connectivity index is 2.03. The van der Waals surface area contributed by atoms with Gasteiger partial charge in [0.05, 0.1) is 13.5 Å². The number of nitrogens with zero attached hydrogens (tertiary/aromatic N) is 2. The van der Waals surface area contributed by atoms with Crippen molar-refractivity contribution in [3.05, 3.63) is 0 Å². The van der Waals surface area contributed by atoms with Crippen LogP contribution < -0.4 is 0 Å². The van der Waals surface area contributed by atoms with Crippen molar-refractivity contribution in [3.63, 3.8) is 0 Å². The number of hydrogen-bond acceptors (Lipinski definition) is 4. The van der Waals surface area contributed by atoms with Crippen LogP contribution in [0.25, 0.3) is 0 Å². The molecular formula is C15H28N2O2. The fourth-order valence-electron chi connectivity index (χ4n) is 3.61. The van der Waals surface area contributed by atoms with Crippen LogP contribution >= 0.6 is 0 Å². The lowest BCUT2D eigenvalue weighted by Crippen LogP contribution is -2.48. The number of rotatable bonds is 3. The van der Waals surface area contributed by atoms with Crippen LogP contribution in [0.1, 0.15) is 44.9 Å². The Bertz CT molecular complexity index is 290. The zero-order valence-corrected chi connectivity index (χ0v) is 12.4. The molecule has 0 bridgehead atoms. The molecule has 1 atom stereocenters. The molecule has 4 heteroatoms. The molecule has 0 aromatic rings. The summed E-state index contributed by atoms with van der Waals surface area (Å²) >= 11 is 0. The predicted octanol–water partition coefficient (Wildman–Crippen LogP) is 1.89. The van der Waals surface area contributed by atoms with Gasteiger partial charge in [-0.1, -0.05) is 19.3 Å². The molecule has 0 spiro atoms. The summed E-state index contributed by atoms with van der Waals surface area (Å²) in [7, 11) is 3.66. The maximum absolute atomic E-state index is 11.7. The van der Waals surface area contributed by atoms with Gasteiger partial charge < -0.3 is 9.64 Å². The fraction of sp³-hybridized carbons (Fsp3) is 0.933. The maximum atomic E-state index is 11.7. The molecule has 2 rings (SSSR count). The van der Waals surface area contributed by atoms with Crippen molar-refractivity contribution in [2.24, 2.45) is 0 Å². The average Bonchev–Trinajstić information content (AvgIpc) is 2.61. The van der Waals surface area contributed by atoms with Gasteiger partial charge in [0.15, 0.2) is 0 Å². The second kappa shape index (κ2) is 7.25. The first-order chi connectivity index (χ1) is 9.20. The molecular weight excluding hydrogens is 240 g/mol. The van der Waals surface area contributed by atoms with Gasteiger partial charge in [0.1, 0.15) is 0 Å². The van der Waals surface area contributed by atoms with Crippen molar-refractivity contribution < 1.29 is 9.53 Å². The van der Waals surface area contributed by atoms with E-state index in [0.717, 1.165) is 19.6 Å². The van der Waals surface area contributed by atoms with Gasteiger partial charge in [0, 0.05) is 25.2 Å². The van der Waals surface area contributed by atoms with Gasteiger partial charge in [0.25, 0.3) is 0 Å². The monoisotopic (exact) mass is 268 g/mol. The Morgan fingerprint density at radius 3 is 2.58 bits per heavy atom. The van der Waals surface area contributed by atoms with Crippen molar-refractivity contribution in [3.8, 4) is 0 Å². The van der Waals surface area contributed by atoms with E-state index in [0.29, 0.717) is 18.5 Å². The molecule has 19 heavy (non-hydrogen) atoms. The first-order valence-corrected chi connectivity index (χ1v) is 7.72. The Morgan fingerprint density at radius 2 is 1.89 bits per heavy atom. The van der Waals surface area contributed by atoms with Crippen molar-refractivity contribution in [2.45, 2.75) is 57.0 Å². The number of esters is 1. The van der Waals surface area contributed by atoms with Gasteiger partial charge in [0.2, 0.25) is 0 Å². The molecule has 1 heterocycles. The zero-order valence-electron chi connectivity index (χ0n) is 12.4. The summed E-state index contributed by atoms with van der Waals surface area (Å²) < 4.78 is 4.88. The maximum Gasteiger partial charge on any atom is 0.307 e. The highest BCUT2D eigenvalue weighted by atomic mass is 16.5. The Hall–Kier alpha value is -0.610. The highest BCUT2D eigenvalue weighted by Crippen LogP contribution is 2.26. The molecule has 0 amide bonds. The molecule has 4 nitrogen and oxygen atoms in total. The fourth-order valence-corrected chi connectivity index (χ4v) is 3.61. The first-order valence-electron chi connectivity index (χ1n) is 7.72. The Morgan fingerprint density at radius 1 is 1.16 bits per heavy atom. The minimum Gasteiger partial charge on any atom is -0.469 e. The third kappa shape index (κ3) is 4.18. The SMILES string of the molecule is COC(=O)CC1CN(C)CCCN1C1CCCCC1. The third-order valence-electron chi connectivity index (χ3n) is 4.62. The lowest BCUT2D eigenvalue weighted by atomic mass is 9.92. The summed E-state index contributed by atoms with van der Waals surface area (Å²) in [6.07, 6.45) is 8.45. The second-order valence-corrected chi connectivity index (χ2v) is 6.08. The van der Waals surface area contributed by atoms with E-state index in [2.05, 4.69) is 16.8 Å². The van der Waals surface area contributed by atoms with Crippen LogP contribution in [0.2, 0.25) is 0 Å². The third-order valence-corrected chi connectivity index (χ3v) is 4.62. The van der Waals surface area contributed by atoms with E-state index in [1.807, 2.05) is 0 Å². The largest absolute Gasteiger partial charge is 0.469 e. The summed E-state index contributed by atoms with van der Waals surface area (Å²) in [5.41, 5.74) is 0. The van der Waals surface area contributed by atoms with E-state index >= 15 is 0 Å². The van der Waals surface area contributed by atoms with E-state index in [9.17, 15) is 4.79 Å². The molecule has 1 saturated heterocycles. The van der Waals surface area contributed by atoms with Crippen molar-refractivity contribution in [1.29, 1.82) is 0 Å². The summed E-state index contributed by atoms with van der Waals surface area (Å²) in [5, 5.41) is 0. The van der Waals surface area contributed by atoms with E-state index in [1.54, 1.807) is 0 Å². The van der Waals surface area contributed by atoms with E-state index in [-0.39, 0.29) is 5.97 Å². The molecule has 0 radical (unpaired) electrons. The van der Waals surface area contributed by atoms with E-state index < -0.39 is 0 Å². The molecule has 0 aromatic heterocycles. The van der Waals surface area contributed by atoms with Crippen molar-refractivity contribution >= 4 is 5.97 Å². The standard InChI is InChI=1S/C15H28N2O2/c1-16-9-6-10-17(13-7-4-3-5-8-13)14(12-16)11-15(18)19-2/h13-14H,3-12H2,1-2H3. The quantitative estimate of drug-likeness (QED) is 0.732. The summed E-state index contributed by atoms with van der Waals surface area (Å²) in [6.45, 7) is 3.27. The number of likely N-dealkylation sites (N-methyl/N-ethyl adjacent to an activating group) is 1. The number of carbonyl (C=O) groups excluding carboxylic acids is 1. The minimum absolute atomic E-state index is 0.0684. The van der Waals surface area contributed by atoms with Crippen LogP contribution in [-0.4, -0.2) is 61.6 Å². The van der Waals surface area contributed by atoms with E-state index in [4.69, 9.17) is 4.74 Å².